The van der Waals surface area contributed by atoms with E-state index in [4.69, 9.17) is 13.9 Å². The highest BCUT2D eigenvalue weighted by molar-refractivity contribution is 7.99. The number of benzene rings is 1. The van der Waals surface area contributed by atoms with Gasteiger partial charge in [0.25, 0.3) is 5.22 Å². The van der Waals surface area contributed by atoms with E-state index < -0.39 is 0 Å². The lowest BCUT2D eigenvalue weighted by atomic mass is 9.48. The van der Waals surface area contributed by atoms with Crippen LogP contribution in [0.1, 0.15) is 45.4 Å². The molecule has 0 saturated heterocycles. The second-order valence-corrected chi connectivity index (χ2v) is 10.7. The molecule has 1 aliphatic heterocycles. The van der Waals surface area contributed by atoms with Crippen LogP contribution in [0.15, 0.2) is 27.8 Å². The second-order valence-electron chi connectivity index (χ2n) is 9.80. The molecular formula is C23H27N3O4S. The summed E-state index contributed by atoms with van der Waals surface area (Å²) in [4.78, 5) is 12.7. The molecule has 0 unspecified atom stereocenters. The molecule has 5 aliphatic rings. The topological polar surface area (TPSA) is 86.5 Å². The Hall–Kier alpha value is -2.22. The predicted molar refractivity (Wildman–Crippen MR) is 115 cm³/mol. The van der Waals surface area contributed by atoms with E-state index in [0.717, 1.165) is 23.3 Å². The van der Waals surface area contributed by atoms with Gasteiger partial charge < -0.3 is 19.2 Å². The zero-order valence-electron chi connectivity index (χ0n) is 17.6. The van der Waals surface area contributed by atoms with E-state index in [1.165, 1.54) is 50.3 Å². The zero-order valence-corrected chi connectivity index (χ0v) is 18.5. The van der Waals surface area contributed by atoms with Gasteiger partial charge in [-0.25, -0.2) is 0 Å². The lowest BCUT2D eigenvalue weighted by molar-refractivity contribution is -0.123. The first-order chi connectivity index (χ1) is 15.1. The number of thioether (sulfide) groups is 1. The Morgan fingerprint density at radius 1 is 1.13 bits per heavy atom. The van der Waals surface area contributed by atoms with E-state index >= 15 is 0 Å². The van der Waals surface area contributed by atoms with Gasteiger partial charge in [0.2, 0.25) is 18.6 Å². The van der Waals surface area contributed by atoms with Crippen molar-refractivity contribution in [3.63, 3.8) is 0 Å². The molecule has 0 spiro atoms. The van der Waals surface area contributed by atoms with E-state index in [1.54, 1.807) is 0 Å². The molecule has 1 atom stereocenters. The monoisotopic (exact) mass is 441 g/mol. The van der Waals surface area contributed by atoms with Gasteiger partial charge in [-0.2, -0.15) is 0 Å². The quantitative estimate of drug-likeness (QED) is 0.670. The third kappa shape index (κ3) is 3.58. The number of nitrogens with zero attached hydrogens (tertiary/aromatic N) is 2. The van der Waals surface area contributed by atoms with E-state index in [-0.39, 0.29) is 24.5 Å². The molecule has 4 fully saturated rings. The molecule has 1 aromatic carbocycles. The van der Waals surface area contributed by atoms with Crippen molar-refractivity contribution in [3.05, 3.63) is 18.2 Å². The fraction of sp³-hybridized carbons (Fsp3) is 0.609. The summed E-state index contributed by atoms with van der Waals surface area (Å²) in [6.45, 7) is 2.43. The van der Waals surface area contributed by atoms with Gasteiger partial charge in [0.05, 0.1) is 5.75 Å². The van der Waals surface area contributed by atoms with Crippen LogP contribution in [-0.4, -0.2) is 34.7 Å². The molecule has 2 aromatic rings. The van der Waals surface area contributed by atoms with Crippen LogP contribution in [-0.2, 0) is 4.79 Å². The van der Waals surface area contributed by atoms with Crippen molar-refractivity contribution in [3.8, 4) is 23.0 Å². The lowest BCUT2D eigenvalue weighted by Gasteiger charge is -2.59. The van der Waals surface area contributed by atoms with E-state index in [0.29, 0.717) is 28.0 Å². The van der Waals surface area contributed by atoms with Crippen LogP contribution in [0.3, 0.4) is 0 Å². The fourth-order valence-electron chi connectivity index (χ4n) is 6.69. The molecule has 31 heavy (non-hydrogen) atoms. The SMILES string of the molecule is C[C@@H](NC(=O)CSc1nnc(-c2ccc3c(c2)OCO3)o1)C12CC3CC(CC(C3)C1)C2. The van der Waals surface area contributed by atoms with Gasteiger partial charge in [-0.1, -0.05) is 11.8 Å². The number of rotatable bonds is 6. The highest BCUT2D eigenvalue weighted by atomic mass is 32.2. The number of carbonyl (C=O) groups excluding carboxylic acids is 1. The summed E-state index contributed by atoms with van der Waals surface area (Å²) in [5.74, 6) is 4.75. The summed E-state index contributed by atoms with van der Waals surface area (Å²) in [5, 5.41) is 11.9. The average molecular weight is 442 g/mol. The van der Waals surface area contributed by atoms with Crippen molar-refractivity contribution in [1.82, 2.24) is 15.5 Å². The zero-order chi connectivity index (χ0) is 21.0. The van der Waals surface area contributed by atoms with Crippen LogP contribution in [0.25, 0.3) is 11.5 Å². The van der Waals surface area contributed by atoms with Gasteiger partial charge in [-0.05, 0) is 86.8 Å². The predicted octanol–water partition coefficient (Wildman–Crippen LogP) is 4.28. The summed E-state index contributed by atoms with van der Waals surface area (Å²) in [5.41, 5.74) is 1.08. The number of aromatic nitrogens is 2. The van der Waals surface area contributed by atoms with Gasteiger partial charge in [-0.3, -0.25) is 4.79 Å². The van der Waals surface area contributed by atoms with Crippen molar-refractivity contribution in [1.29, 1.82) is 0 Å². The smallest absolute Gasteiger partial charge is 0.277 e. The van der Waals surface area contributed by atoms with E-state index in [9.17, 15) is 4.79 Å². The normalized spacial score (nSPS) is 31.1. The molecule has 4 saturated carbocycles. The Labute approximate surface area is 185 Å². The first-order valence-corrected chi connectivity index (χ1v) is 12.2. The van der Waals surface area contributed by atoms with Crippen LogP contribution < -0.4 is 14.8 Å². The van der Waals surface area contributed by atoms with Gasteiger partial charge in [0, 0.05) is 11.6 Å². The molecule has 4 bridgehead atoms. The third-order valence-electron chi connectivity index (χ3n) is 7.73. The Bertz CT molecular complexity index is 971. The first kappa shape index (κ1) is 19.5. The number of hydrogen-bond acceptors (Lipinski definition) is 7. The summed E-state index contributed by atoms with van der Waals surface area (Å²) >= 11 is 1.28. The van der Waals surface area contributed by atoms with Crippen molar-refractivity contribution in [2.24, 2.45) is 23.2 Å². The van der Waals surface area contributed by atoms with E-state index in [2.05, 4.69) is 22.4 Å². The van der Waals surface area contributed by atoms with Gasteiger partial charge in [0.15, 0.2) is 11.5 Å². The third-order valence-corrected chi connectivity index (χ3v) is 8.55. The molecule has 1 aromatic heterocycles. The van der Waals surface area contributed by atoms with Crippen molar-refractivity contribution in [2.45, 2.75) is 56.7 Å². The van der Waals surface area contributed by atoms with Crippen LogP contribution in [0.2, 0.25) is 0 Å². The Morgan fingerprint density at radius 2 is 1.84 bits per heavy atom. The molecular weight excluding hydrogens is 414 g/mol. The van der Waals surface area contributed by atoms with Crippen molar-refractivity contribution >= 4 is 17.7 Å². The van der Waals surface area contributed by atoms with Gasteiger partial charge in [-0.15, -0.1) is 10.2 Å². The Kier molecular flexibility index (Phi) is 4.67. The van der Waals surface area contributed by atoms with Gasteiger partial charge >= 0.3 is 0 Å². The highest BCUT2D eigenvalue weighted by Gasteiger charge is 2.53. The first-order valence-electron chi connectivity index (χ1n) is 11.2. The molecule has 8 heteroatoms. The Morgan fingerprint density at radius 3 is 2.58 bits per heavy atom. The standard InChI is InChI=1S/C23H27N3O4S/c1-13(23-8-14-4-15(9-23)6-16(5-14)10-23)24-20(27)11-31-22-26-25-21(30-22)17-2-3-18-19(7-17)29-12-28-18/h2-3,7,13-16H,4-6,8-12H2,1H3,(H,24,27)/t13-,14?,15?,16?,23?/m1/s1. The lowest BCUT2D eigenvalue weighted by Crippen LogP contribution is -2.56. The number of nitrogens with one attached hydrogen (secondary N) is 1. The van der Waals surface area contributed by atoms with E-state index in [1.807, 2.05) is 18.2 Å². The average Bonchev–Trinajstić information content (AvgIpc) is 3.40. The second kappa shape index (κ2) is 7.43. The fourth-order valence-corrected chi connectivity index (χ4v) is 7.26. The molecule has 4 aliphatic carbocycles. The number of carbonyl (C=O) groups is 1. The molecule has 0 radical (unpaired) electrons. The maximum Gasteiger partial charge on any atom is 0.277 e. The molecule has 1 N–H and O–H groups in total. The minimum absolute atomic E-state index is 0.0380. The maximum atomic E-state index is 12.7. The summed E-state index contributed by atoms with van der Waals surface area (Å²) in [6, 6.07) is 5.73. The molecule has 7 nitrogen and oxygen atoms in total. The minimum atomic E-state index is 0.0380. The summed E-state index contributed by atoms with van der Waals surface area (Å²) < 4.78 is 16.5. The van der Waals surface area contributed by atoms with Crippen molar-refractivity contribution < 1.29 is 18.7 Å². The molecule has 164 valence electrons. The molecule has 7 rings (SSSR count). The molecule has 1 amide bonds. The number of amides is 1. The number of ether oxygens (including phenoxy) is 2. The summed E-state index contributed by atoms with van der Waals surface area (Å²) in [6.07, 6.45) is 8.11. The van der Waals surface area contributed by atoms with Crippen LogP contribution in [0.4, 0.5) is 0 Å². The van der Waals surface area contributed by atoms with Crippen molar-refractivity contribution in [2.75, 3.05) is 12.5 Å². The number of hydrogen-bond donors (Lipinski definition) is 1. The Balaban J connectivity index is 1.06. The largest absolute Gasteiger partial charge is 0.454 e. The van der Waals surface area contributed by atoms with Crippen LogP contribution >= 0.6 is 11.8 Å². The molecule has 2 heterocycles. The minimum Gasteiger partial charge on any atom is -0.454 e. The van der Waals surface area contributed by atoms with Crippen LogP contribution in [0, 0.1) is 23.2 Å². The maximum absolute atomic E-state index is 12.7. The highest BCUT2D eigenvalue weighted by Crippen LogP contribution is 2.61. The van der Waals surface area contributed by atoms with Crippen LogP contribution in [0.5, 0.6) is 11.5 Å². The number of fused-ring (bicyclic) bond motifs is 1. The summed E-state index contributed by atoms with van der Waals surface area (Å²) in [7, 11) is 0. The van der Waals surface area contributed by atoms with Gasteiger partial charge in [0.1, 0.15) is 0 Å².